The van der Waals surface area contributed by atoms with Crippen molar-refractivity contribution in [2.75, 3.05) is 10.7 Å². The molecule has 20 heavy (non-hydrogen) atoms. The van der Waals surface area contributed by atoms with Gasteiger partial charge in [0.05, 0.1) is 0 Å². The van der Waals surface area contributed by atoms with Crippen molar-refractivity contribution in [3.05, 3.63) is 53.2 Å². The first-order valence-electron chi connectivity index (χ1n) is 6.48. The van der Waals surface area contributed by atoms with Gasteiger partial charge in [-0.25, -0.2) is 10.8 Å². The van der Waals surface area contributed by atoms with Crippen LogP contribution in [0, 0.1) is 6.92 Å². The highest BCUT2D eigenvalue weighted by molar-refractivity contribution is 6.05. The van der Waals surface area contributed by atoms with Crippen molar-refractivity contribution in [1.82, 2.24) is 4.98 Å². The number of para-hydroxylation sites is 1. The molecule has 2 rings (SSSR count). The number of rotatable bonds is 4. The molecule has 0 radical (unpaired) electrons. The molecule has 1 amide bonds. The predicted molar refractivity (Wildman–Crippen MR) is 80.6 cm³/mol. The summed E-state index contributed by atoms with van der Waals surface area (Å²) >= 11 is 0. The van der Waals surface area contributed by atoms with Crippen molar-refractivity contribution in [2.45, 2.75) is 20.3 Å². The number of nitrogens with two attached hydrogens (primary N) is 1. The van der Waals surface area contributed by atoms with Gasteiger partial charge < -0.3 is 10.7 Å². The topological polar surface area (TPSA) is 80.0 Å². The maximum atomic E-state index is 12.3. The molecule has 0 aliphatic carbocycles. The van der Waals surface area contributed by atoms with E-state index in [1.54, 1.807) is 18.3 Å². The number of hydrazine groups is 1. The monoisotopic (exact) mass is 270 g/mol. The summed E-state index contributed by atoms with van der Waals surface area (Å²) in [5.74, 6) is 5.58. The third-order valence-corrected chi connectivity index (χ3v) is 3.15. The van der Waals surface area contributed by atoms with Gasteiger partial charge in [-0.1, -0.05) is 25.1 Å². The van der Waals surface area contributed by atoms with E-state index in [4.69, 9.17) is 5.84 Å². The van der Waals surface area contributed by atoms with Crippen molar-refractivity contribution in [3.8, 4) is 0 Å². The van der Waals surface area contributed by atoms with Crippen LogP contribution in [-0.4, -0.2) is 10.9 Å². The summed E-state index contributed by atoms with van der Waals surface area (Å²) < 4.78 is 0. The summed E-state index contributed by atoms with van der Waals surface area (Å²) in [5, 5.41) is 2.96. The first-order valence-corrected chi connectivity index (χ1v) is 6.48. The number of nitrogens with zero attached hydrogens (tertiary/aromatic N) is 1. The SMILES string of the molecule is CCc1cccc(C)c1NC(=O)c1ccnc(NN)c1. The number of amides is 1. The molecule has 0 unspecified atom stereocenters. The number of hydrogen-bond acceptors (Lipinski definition) is 4. The fourth-order valence-electron chi connectivity index (χ4n) is 2.04. The maximum Gasteiger partial charge on any atom is 0.255 e. The molecule has 0 saturated carbocycles. The standard InChI is InChI=1S/C15H18N4O/c1-3-11-6-4-5-10(2)14(11)18-15(20)12-7-8-17-13(9-12)19-16/h4-9H,3,16H2,1-2H3,(H,17,19)(H,18,20). The average Bonchev–Trinajstić information content (AvgIpc) is 2.49. The van der Waals surface area contributed by atoms with Crippen LogP contribution in [0.3, 0.4) is 0 Å². The Balaban J connectivity index is 2.27. The molecule has 0 fully saturated rings. The Kier molecular flexibility index (Phi) is 4.32. The number of aromatic nitrogens is 1. The maximum absolute atomic E-state index is 12.3. The minimum absolute atomic E-state index is 0.173. The number of benzene rings is 1. The third kappa shape index (κ3) is 2.95. The summed E-state index contributed by atoms with van der Waals surface area (Å²) in [4.78, 5) is 16.3. The van der Waals surface area contributed by atoms with Gasteiger partial charge in [0.15, 0.2) is 0 Å². The fraction of sp³-hybridized carbons (Fsp3) is 0.200. The van der Waals surface area contributed by atoms with Crippen LogP contribution in [0.4, 0.5) is 11.5 Å². The average molecular weight is 270 g/mol. The molecule has 0 saturated heterocycles. The van der Waals surface area contributed by atoms with Crippen molar-refractivity contribution >= 4 is 17.4 Å². The van der Waals surface area contributed by atoms with E-state index in [2.05, 4.69) is 22.7 Å². The highest BCUT2D eigenvalue weighted by atomic mass is 16.1. The van der Waals surface area contributed by atoms with E-state index in [-0.39, 0.29) is 5.91 Å². The highest BCUT2D eigenvalue weighted by Gasteiger charge is 2.11. The van der Waals surface area contributed by atoms with Crippen LogP contribution < -0.4 is 16.6 Å². The molecule has 104 valence electrons. The Morgan fingerprint density at radius 3 is 2.85 bits per heavy atom. The van der Waals surface area contributed by atoms with E-state index in [9.17, 15) is 4.79 Å². The van der Waals surface area contributed by atoms with Crippen LogP contribution in [0.15, 0.2) is 36.5 Å². The molecule has 0 aliphatic heterocycles. The molecule has 4 N–H and O–H groups in total. The van der Waals surface area contributed by atoms with Crippen molar-refractivity contribution < 1.29 is 4.79 Å². The predicted octanol–water partition coefficient (Wildman–Crippen LogP) is 2.49. The summed E-state index contributed by atoms with van der Waals surface area (Å²) in [6.45, 7) is 4.04. The van der Waals surface area contributed by atoms with Gasteiger partial charge in [-0.3, -0.25) is 4.79 Å². The van der Waals surface area contributed by atoms with E-state index < -0.39 is 0 Å². The zero-order valence-electron chi connectivity index (χ0n) is 11.6. The van der Waals surface area contributed by atoms with Crippen LogP contribution in [0.25, 0.3) is 0 Å². The molecule has 2 aromatic rings. The van der Waals surface area contributed by atoms with Crippen molar-refractivity contribution in [2.24, 2.45) is 5.84 Å². The van der Waals surface area contributed by atoms with Crippen LogP contribution in [-0.2, 0) is 6.42 Å². The Morgan fingerprint density at radius 2 is 2.15 bits per heavy atom. The minimum Gasteiger partial charge on any atom is -0.321 e. The van der Waals surface area contributed by atoms with Gasteiger partial charge in [-0.2, -0.15) is 0 Å². The second kappa shape index (κ2) is 6.16. The van der Waals surface area contributed by atoms with E-state index in [0.29, 0.717) is 11.4 Å². The van der Waals surface area contributed by atoms with Gasteiger partial charge in [0.25, 0.3) is 5.91 Å². The van der Waals surface area contributed by atoms with Crippen LogP contribution in [0.5, 0.6) is 0 Å². The van der Waals surface area contributed by atoms with Crippen LogP contribution in [0.2, 0.25) is 0 Å². The van der Waals surface area contributed by atoms with E-state index in [1.165, 1.54) is 0 Å². The molecule has 5 heteroatoms. The van der Waals surface area contributed by atoms with Crippen LogP contribution in [0.1, 0.15) is 28.4 Å². The van der Waals surface area contributed by atoms with Gasteiger partial charge in [-0.05, 0) is 36.6 Å². The minimum atomic E-state index is -0.173. The Hall–Kier alpha value is -2.40. The Morgan fingerprint density at radius 1 is 1.35 bits per heavy atom. The lowest BCUT2D eigenvalue weighted by atomic mass is 10.1. The summed E-state index contributed by atoms with van der Waals surface area (Å²) in [5.41, 5.74) is 5.98. The van der Waals surface area contributed by atoms with Gasteiger partial charge in [-0.15, -0.1) is 0 Å². The van der Waals surface area contributed by atoms with E-state index in [1.807, 2.05) is 25.1 Å². The summed E-state index contributed by atoms with van der Waals surface area (Å²) in [6, 6.07) is 9.25. The first kappa shape index (κ1) is 14.0. The smallest absolute Gasteiger partial charge is 0.255 e. The molecular weight excluding hydrogens is 252 g/mol. The lowest BCUT2D eigenvalue weighted by Gasteiger charge is -2.13. The van der Waals surface area contributed by atoms with E-state index >= 15 is 0 Å². The highest BCUT2D eigenvalue weighted by Crippen LogP contribution is 2.22. The largest absolute Gasteiger partial charge is 0.321 e. The molecule has 1 heterocycles. The second-order valence-electron chi connectivity index (χ2n) is 4.49. The first-order chi connectivity index (χ1) is 9.65. The molecular formula is C15H18N4O. The van der Waals surface area contributed by atoms with Crippen molar-refractivity contribution in [1.29, 1.82) is 0 Å². The number of carbonyl (C=O) groups excluding carboxylic acids is 1. The normalized spacial score (nSPS) is 10.2. The number of aryl methyl sites for hydroxylation is 2. The van der Waals surface area contributed by atoms with Gasteiger partial charge in [0.2, 0.25) is 0 Å². The zero-order valence-corrected chi connectivity index (χ0v) is 11.6. The molecule has 5 nitrogen and oxygen atoms in total. The number of hydrogen-bond donors (Lipinski definition) is 3. The Bertz CT molecular complexity index is 625. The molecule has 0 bridgehead atoms. The molecule has 1 aromatic carbocycles. The quantitative estimate of drug-likeness (QED) is 0.589. The van der Waals surface area contributed by atoms with Crippen LogP contribution >= 0.6 is 0 Å². The lowest BCUT2D eigenvalue weighted by Crippen LogP contribution is -2.16. The number of nitrogen functional groups attached to an aromatic ring is 1. The summed E-state index contributed by atoms with van der Waals surface area (Å²) in [7, 11) is 0. The number of anilines is 2. The van der Waals surface area contributed by atoms with Gasteiger partial charge in [0.1, 0.15) is 5.82 Å². The fourth-order valence-corrected chi connectivity index (χ4v) is 2.04. The number of carbonyl (C=O) groups is 1. The lowest BCUT2D eigenvalue weighted by molar-refractivity contribution is 0.102. The zero-order chi connectivity index (χ0) is 14.5. The molecule has 1 aromatic heterocycles. The molecule has 0 aliphatic rings. The van der Waals surface area contributed by atoms with Crippen molar-refractivity contribution in [3.63, 3.8) is 0 Å². The number of pyridine rings is 1. The van der Waals surface area contributed by atoms with Gasteiger partial charge in [0, 0.05) is 17.4 Å². The number of nitrogens with one attached hydrogen (secondary N) is 2. The molecule has 0 atom stereocenters. The summed E-state index contributed by atoms with van der Waals surface area (Å²) in [6.07, 6.45) is 2.41. The van der Waals surface area contributed by atoms with Gasteiger partial charge >= 0.3 is 0 Å². The molecule has 0 spiro atoms. The van der Waals surface area contributed by atoms with E-state index in [0.717, 1.165) is 23.2 Å². The third-order valence-electron chi connectivity index (χ3n) is 3.15. The Labute approximate surface area is 118 Å². The second-order valence-corrected chi connectivity index (χ2v) is 4.49.